The highest BCUT2D eigenvalue weighted by Gasteiger charge is 2.54. The Labute approximate surface area is 178 Å². The fourth-order valence-electron chi connectivity index (χ4n) is 9.07. The topological polar surface area (TPSA) is 72.0 Å². The Morgan fingerprint density at radius 2 is 1.24 bits per heavy atom. The number of amidine groups is 1. The van der Waals surface area contributed by atoms with Crippen molar-refractivity contribution in [2.45, 2.75) is 88.1 Å². The molecular weight excluding hydrogens is 386 g/mol. The number of carbonyl (C=O) groups is 1. The molecular formula is C22H33N3O3S. The molecule has 8 aliphatic carbocycles. The number of thiol groups is 1. The predicted octanol–water partition coefficient (Wildman–Crippen LogP) is 4.37. The van der Waals surface area contributed by atoms with Crippen molar-refractivity contribution in [3.05, 3.63) is 0 Å². The molecule has 8 saturated carbocycles. The van der Waals surface area contributed by atoms with Gasteiger partial charge in [0.2, 0.25) is 0 Å². The molecule has 8 bridgehead atoms. The van der Waals surface area contributed by atoms with Gasteiger partial charge in [0.25, 0.3) is 0 Å². The summed E-state index contributed by atoms with van der Waals surface area (Å²) in [6.07, 6.45) is 15.5. The van der Waals surface area contributed by atoms with E-state index in [1.807, 2.05) is 0 Å². The van der Waals surface area contributed by atoms with Crippen molar-refractivity contribution in [1.29, 1.82) is 0 Å². The molecule has 0 heterocycles. The fraction of sp³-hybridized carbons (Fsp3) is 0.909. The summed E-state index contributed by atoms with van der Waals surface area (Å²) in [5.74, 6) is 4.99. The summed E-state index contributed by atoms with van der Waals surface area (Å²) in [5.41, 5.74) is 2.26. The van der Waals surface area contributed by atoms with Gasteiger partial charge in [-0.3, -0.25) is 9.68 Å². The molecule has 0 aromatic carbocycles. The van der Waals surface area contributed by atoms with Crippen LogP contribution in [0.1, 0.15) is 77.0 Å². The summed E-state index contributed by atoms with van der Waals surface area (Å²) in [5, 5.41) is 3.16. The van der Waals surface area contributed by atoms with Gasteiger partial charge in [-0.1, -0.05) is 17.6 Å². The molecule has 0 radical (unpaired) electrons. The largest absolute Gasteiger partial charge is 0.332 e. The Balaban J connectivity index is 1.25. The Bertz CT molecular complexity index is 654. The van der Waals surface area contributed by atoms with Crippen LogP contribution in [0.25, 0.3) is 0 Å². The van der Waals surface area contributed by atoms with Crippen molar-refractivity contribution >= 4 is 23.9 Å². The second-order valence-corrected chi connectivity index (χ2v) is 11.9. The van der Waals surface area contributed by atoms with E-state index in [0.29, 0.717) is 6.02 Å². The number of nitrogens with one attached hydrogen (secondary N) is 2. The van der Waals surface area contributed by atoms with E-state index in [2.05, 4.69) is 23.4 Å². The first-order valence-electron chi connectivity index (χ1n) is 11.7. The normalized spacial score (nSPS) is 49.3. The second-order valence-electron chi connectivity index (χ2n) is 11.5. The van der Waals surface area contributed by atoms with Crippen molar-refractivity contribution in [2.24, 2.45) is 40.5 Å². The average Bonchev–Trinajstić information content (AvgIpc) is 2.58. The van der Waals surface area contributed by atoms with E-state index >= 15 is 0 Å². The standard InChI is InChI=1S/C22H33N3O3S/c26-20(29)25-28-27-19(23-21-7-13-1-14(8-21)3-15(2-13)9-21)24-22-10-16-4-17(11-22)6-18(5-16)12-22/h13-18H,1-12H2,(H,23,24)(H2,25,26,29). The van der Waals surface area contributed by atoms with Crippen molar-refractivity contribution in [1.82, 2.24) is 10.8 Å². The first-order valence-corrected chi connectivity index (χ1v) is 12.1. The highest BCUT2D eigenvalue weighted by atomic mass is 32.1. The lowest BCUT2D eigenvalue weighted by Crippen LogP contribution is -2.61. The van der Waals surface area contributed by atoms with Crippen molar-refractivity contribution in [3.63, 3.8) is 0 Å². The molecule has 0 saturated heterocycles. The van der Waals surface area contributed by atoms with E-state index in [9.17, 15) is 4.79 Å². The minimum atomic E-state index is -0.575. The molecule has 0 aromatic rings. The van der Waals surface area contributed by atoms with Gasteiger partial charge in [0, 0.05) is 5.54 Å². The molecule has 0 atom stereocenters. The van der Waals surface area contributed by atoms with Gasteiger partial charge in [-0.15, -0.1) is 0 Å². The predicted molar refractivity (Wildman–Crippen MR) is 112 cm³/mol. The van der Waals surface area contributed by atoms with Crippen LogP contribution < -0.4 is 10.8 Å². The fourth-order valence-corrected chi connectivity index (χ4v) is 9.11. The number of hydrogen-bond donors (Lipinski definition) is 3. The second kappa shape index (κ2) is 6.78. The van der Waals surface area contributed by atoms with Crippen LogP contribution in [-0.2, 0) is 9.88 Å². The maximum atomic E-state index is 11.1. The third kappa shape index (κ3) is 3.56. The molecule has 2 N–H and O–H groups in total. The number of carbonyl (C=O) groups excluding carboxylic acids is 1. The van der Waals surface area contributed by atoms with E-state index in [-0.39, 0.29) is 11.1 Å². The summed E-state index contributed by atoms with van der Waals surface area (Å²) >= 11 is 3.69. The molecule has 29 heavy (non-hydrogen) atoms. The molecule has 0 unspecified atom stereocenters. The smallest absolute Gasteiger partial charge is 0.326 e. The lowest BCUT2D eigenvalue weighted by molar-refractivity contribution is -0.260. The van der Waals surface area contributed by atoms with Crippen LogP contribution in [0.5, 0.6) is 0 Å². The molecule has 7 heteroatoms. The van der Waals surface area contributed by atoms with Crippen LogP contribution in [0.15, 0.2) is 4.99 Å². The van der Waals surface area contributed by atoms with Gasteiger partial charge in [0.1, 0.15) is 0 Å². The summed E-state index contributed by atoms with van der Waals surface area (Å²) in [6, 6.07) is 0.482. The summed E-state index contributed by atoms with van der Waals surface area (Å²) in [4.78, 5) is 27.0. The van der Waals surface area contributed by atoms with Gasteiger partial charge in [-0.05, 0) is 113 Å². The van der Waals surface area contributed by atoms with Gasteiger partial charge >= 0.3 is 11.3 Å². The molecule has 8 rings (SSSR count). The molecule has 8 fully saturated rings. The van der Waals surface area contributed by atoms with Gasteiger partial charge in [-0.25, -0.2) is 4.99 Å². The average molecular weight is 420 g/mol. The van der Waals surface area contributed by atoms with Crippen LogP contribution in [0.4, 0.5) is 4.79 Å². The van der Waals surface area contributed by atoms with Gasteiger partial charge in [0.15, 0.2) is 0 Å². The first kappa shape index (κ1) is 18.8. The minimum Gasteiger partial charge on any atom is -0.332 e. The monoisotopic (exact) mass is 419 g/mol. The number of amides is 1. The van der Waals surface area contributed by atoms with Gasteiger partial charge in [0.05, 0.1) is 5.54 Å². The third-order valence-corrected chi connectivity index (χ3v) is 9.10. The van der Waals surface area contributed by atoms with E-state index in [1.54, 1.807) is 0 Å². The zero-order chi connectivity index (χ0) is 19.6. The quantitative estimate of drug-likeness (QED) is 0.208. The number of aliphatic imine (C=N–C) groups is 1. The Morgan fingerprint density at radius 1 is 0.793 bits per heavy atom. The maximum absolute atomic E-state index is 11.1. The number of hydroxylamine groups is 1. The SMILES string of the molecule is O=C(S)NOOC(=NC12CC3CC(CC(C3)C1)C2)NC12CC3CC(CC(C3)C1)C2. The lowest BCUT2D eigenvalue weighted by atomic mass is 9.53. The molecule has 0 aromatic heterocycles. The van der Waals surface area contributed by atoms with Crippen LogP contribution in [0.2, 0.25) is 0 Å². The molecule has 0 spiro atoms. The molecule has 0 aliphatic heterocycles. The highest BCUT2D eigenvalue weighted by Crippen LogP contribution is 2.58. The van der Waals surface area contributed by atoms with Crippen LogP contribution in [0.3, 0.4) is 0 Å². The Kier molecular flexibility index (Phi) is 4.39. The molecule has 160 valence electrons. The summed E-state index contributed by atoms with van der Waals surface area (Å²) < 4.78 is 0. The third-order valence-electron chi connectivity index (χ3n) is 9.00. The summed E-state index contributed by atoms with van der Waals surface area (Å²) in [6.45, 7) is 0. The summed E-state index contributed by atoms with van der Waals surface area (Å²) in [7, 11) is 0. The van der Waals surface area contributed by atoms with E-state index < -0.39 is 5.24 Å². The van der Waals surface area contributed by atoms with Crippen LogP contribution >= 0.6 is 12.6 Å². The molecule has 8 aliphatic rings. The minimum absolute atomic E-state index is 0.00624. The van der Waals surface area contributed by atoms with Crippen molar-refractivity contribution in [3.8, 4) is 0 Å². The van der Waals surface area contributed by atoms with E-state index in [4.69, 9.17) is 14.9 Å². The van der Waals surface area contributed by atoms with Crippen LogP contribution in [-0.4, -0.2) is 22.3 Å². The zero-order valence-electron chi connectivity index (χ0n) is 17.1. The zero-order valence-corrected chi connectivity index (χ0v) is 18.0. The number of hydrogen-bond acceptors (Lipinski definition) is 4. The Morgan fingerprint density at radius 3 is 1.69 bits per heavy atom. The molecule has 1 amide bonds. The van der Waals surface area contributed by atoms with Crippen molar-refractivity contribution < 1.29 is 14.7 Å². The Hall–Kier alpha value is -0.950. The maximum Gasteiger partial charge on any atom is 0.326 e. The van der Waals surface area contributed by atoms with E-state index in [1.165, 1.54) is 77.0 Å². The number of nitrogens with zero attached hydrogens (tertiary/aromatic N) is 1. The van der Waals surface area contributed by atoms with Crippen molar-refractivity contribution in [2.75, 3.05) is 0 Å². The number of rotatable bonds is 4. The van der Waals surface area contributed by atoms with E-state index in [0.717, 1.165) is 35.5 Å². The lowest BCUT2D eigenvalue weighted by Gasteiger charge is -2.57. The van der Waals surface area contributed by atoms with Gasteiger partial charge < -0.3 is 5.32 Å². The highest BCUT2D eigenvalue weighted by molar-refractivity contribution is 7.96. The van der Waals surface area contributed by atoms with Crippen LogP contribution in [0, 0.1) is 35.5 Å². The molecule has 6 nitrogen and oxygen atoms in total. The van der Waals surface area contributed by atoms with Gasteiger partial charge in [-0.2, -0.15) is 5.48 Å². The first-order chi connectivity index (χ1) is 14.0.